The highest BCUT2D eigenvalue weighted by atomic mass is 19.4. The molecule has 0 aromatic heterocycles. The Bertz CT molecular complexity index is 1260. The van der Waals surface area contributed by atoms with Gasteiger partial charge in [0, 0.05) is 12.2 Å². The Balaban J connectivity index is 1.43. The molecular weight excluding hydrogens is 489 g/mol. The van der Waals surface area contributed by atoms with Crippen LogP contribution in [0.2, 0.25) is 0 Å². The first-order chi connectivity index (χ1) is 17.7. The van der Waals surface area contributed by atoms with E-state index in [-0.39, 0.29) is 11.4 Å². The van der Waals surface area contributed by atoms with E-state index in [2.05, 4.69) is 21.2 Å². The lowest BCUT2D eigenvalue weighted by Gasteiger charge is -2.10. The average Bonchev–Trinajstić information content (AvgIpc) is 2.88. The van der Waals surface area contributed by atoms with Crippen molar-refractivity contribution in [2.24, 2.45) is 5.10 Å². The molecule has 3 amide bonds. The summed E-state index contributed by atoms with van der Waals surface area (Å²) in [6.45, 7) is -0.155. The summed E-state index contributed by atoms with van der Waals surface area (Å²) in [5.41, 5.74) is 2.76. The molecule has 11 heteroatoms. The van der Waals surface area contributed by atoms with Crippen molar-refractivity contribution in [3.8, 4) is 5.75 Å². The van der Waals surface area contributed by atoms with Gasteiger partial charge in [-0.3, -0.25) is 14.4 Å². The third-order valence-electron chi connectivity index (χ3n) is 4.83. The van der Waals surface area contributed by atoms with Crippen LogP contribution < -0.4 is 20.8 Å². The van der Waals surface area contributed by atoms with Crippen molar-refractivity contribution >= 4 is 29.6 Å². The highest BCUT2D eigenvalue weighted by molar-refractivity contribution is 6.35. The molecule has 192 valence electrons. The molecule has 37 heavy (non-hydrogen) atoms. The SMILES string of the molecule is O=C(COc1cccc(/C=N\NC(=O)C(=O)NCCc2ccccc2)c1)Nc1cccc(C(F)(F)F)c1. The molecule has 0 atom stereocenters. The van der Waals surface area contributed by atoms with E-state index in [0.717, 1.165) is 17.7 Å². The molecule has 0 spiro atoms. The smallest absolute Gasteiger partial charge is 0.416 e. The number of nitrogens with one attached hydrogen (secondary N) is 3. The topological polar surface area (TPSA) is 109 Å². The molecule has 0 aliphatic carbocycles. The van der Waals surface area contributed by atoms with Gasteiger partial charge < -0.3 is 15.4 Å². The summed E-state index contributed by atoms with van der Waals surface area (Å²) in [6, 6.07) is 20.1. The molecule has 8 nitrogen and oxygen atoms in total. The van der Waals surface area contributed by atoms with Crippen molar-refractivity contribution in [1.29, 1.82) is 0 Å². The summed E-state index contributed by atoms with van der Waals surface area (Å²) in [4.78, 5) is 35.8. The van der Waals surface area contributed by atoms with Crippen molar-refractivity contribution in [2.45, 2.75) is 12.6 Å². The number of hydrazone groups is 1. The minimum atomic E-state index is -4.52. The van der Waals surface area contributed by atoms with Crippen LogP contribution in [0.1, 0.15) is 16.7 Å². The maximum atomic E-state index is 12.8. The Morgan fingerprint density at radius 3 is 2.41 bits per heavy atom. The monoisotopic (exact) mass is 512 g/mol. The predicted molar refractivity (Wildman–Crippen MR) is 131 cm³/mol. The number of carbonyl (C=O) groups excluding carboxylic acids is 3. The van der Waals surface area contributed by atoms with Crippen LogP contribution in [0, 0.1) is 0 Å². The Labute approximate surface area is 210 Å². The van der Waals surface area contributed by atoms with Gasteiger partial charge in [-0.25, -0.2) is 5.43 Å². The van der Waals surface area contributed by atoms with Gasteiger partial charge in [-0.2, -0.15) is 18.3 Å². The predicted octanol–water partition coefficient (Wildman–Crippen LogP) is 3.53. The van der Waals surface area contributed by atoms with Crippen molar-refractivity contribution in [2.75, 3.05) is 18.5 Å². The number of benzene rings is 3. The Morgan fingerprint density at radius 2 is 1.65 bits per heavy atom. The van der Waals surface area contributed by atoms with Crippen LogP contribution in [0.15, 0.2) is 84.0 Å². The van der Waals surface area contributed by atoms with Gasteiger partial charge in [-0.1, -0.05) is 48.5 Å². The number of anilines is 1. The number of alkyl halides is 3. The molecule has 0 saturated carbocycles. The maximum Gasteiger partial charge on any atom is 0.416 e. The number of halogens is 3. The van der Waals surface area contributed by atoms with Crippen LogP contribution in [0.5, 0.6) is 5.75 Å². The fraction of sp³-hybridized carbons (Fsp3) is 0.154. The van der Waals surface area contributed by atoms with E-state index in [0.29, 0.717) is 18.5 Å². The van der Waals surface area contributed by atoms with E-state index < -0.39 is 36.1 Å². The molecule has 0 fully saturated rings. The minimum absolute atomic E-state index is 0.0100. The zero-order valence-corrected chi connectivity index (χ0v) is 19.4. The highest BCUT2D eigenvalue weighted by Gasteiger charge is 2.30. The van der Waals surface area contributed by atoms with Crippen LogP contribution in [0.4, 0.5) is 18.9 Å². The first kappa shape index (κ1) is 26.9. The second-order valence-corrected chi connectivity index (χ2v) is 7.68. The van der Waals surface area contributed by atoms with Gasteiger partial charge in [0.25, 0.3) is 5.91 Å². The van der Waals surface area contributed by atoms with Crippen molar-refractivity contribution in [3.63, 3.8) is 0 Å². The highest BCUT2D eigenvalue weighted by Crippen LogP contribution is 2.30. The Morgan fingerprint density at radius 1 is 0.892 bits per heavy atom. The van der Waals surface area contributed by atoms with Crippen LogP contribution in [0.3, 0.4) is 0 Å². The van der Waals surface area contributed by atoms with Gasteiger partial charge in [-0.15, -0.1) is 0 Å². The summed E-state index contributed by atoms with van der Waals surface area (Å²) in [6.07, 6.45) is -2.66. The average molecular weight is 512 g/mol. The standard InChI is InChI=1S/C26H23F3N4O4/c27-26(28,29)20-9-5-10-21(15-20)32-23(34)17-37-22-11-4-8-19(14-22)16-31-33-25(36)24(35)30-13-12-18-6-2-1-3-7-18/h1-11,14-16H,12-13,17H2,(H,30,35)(H,32,34)(H,33,36)/b31-16-. The van der Waals surface area contributed by atoms with E-state index in [9.17, 15) is 27.6 Å². The summed E-state index contributed by atoms with van der Waals surface area (Å²) in [5, 5.41) is 8.59. The van der Waals surface area contributed by atoms with Crippen LogP contribution >= 0.6 is 0 Å². The van der Waals surface area contributed by atoms with E-state index in [1.807, 2.05) is 30.3 Å². The van der Waals surface area contributed by atoms with E-state index in [1.54, 1.807) is 18.2 Å². The molecule has 0 heterocycles. The first-order valence-corrected chi connectivity index (χ1v) is 11.1. The third kappa shape index (κ3) is 9.13. The maximum absolute atomic E-state index is 12.8. The van der Waals surface area contributed by atoms with Gasteiger partial charge in [-0.05, 0) is 47.9 Å². The molecular formula is C26H23F3N4O4. The molecule has 0 bridgehead atoms. The Hall–Kier alpha value is -4.67. The molecule has 3 aromatic carbocycles. The summed E-state index contributed by atoms with van der Waals surface area (Å²) >= 11 is 0. The number of amides is 3. The number of carbonyl (C=O) groups is 3. The number of rotatable bonds is 9. The zero-order chi connectivity index (χ0) is 26.7. The summed E-state index contributed by atoms with van der Waals surface area (Å²) in [5.74, 6) is -2.11. The molecule has 3 rings (SSSR count). The normalized spacial score (nSPS) is 11.1. The summed E-state index contributed by atoms with van der Waals surface area (Å²) < 4.78 is 43.8. The quantitative estimate of drug-likeness (QED) is 0.232. The van der Waals surface area contributed by atoms with Gasteiger partial charge in [0.1, 0.15) is 5.75 Å². The first-order valence-electron chi connectivity index (χ1n) is 11.1. The molecule has 0 saturated heterocycles. The van der Waals surface area contributed by atoms with Gasteiger partial charge in [0.05, 0.1) is 11.8 Å². The van der Waals surface area contributed by atoms with E-state index >= 15 is 0 Å². The number of hydrogen-bond donors (Lipinski definition) is 3. The van der Waals surface area contributed by atoms with E-state index in [1.165, 1.54) is 24.4 Å². The molecule has 3 aromatic rings. The number of ether oxygens (including phenoxy) is 1. The lowest BCUT2D eigenvalue weighted by molar-refractivity contribution is -0.139. The zero-order valence-electron chi connectivity index (χ0n) is 19.4. The summed E-state index contributed by atoms with van der Waals surface area (Å²) in [7, 11) is 0. The molecule has 0 radical (unpaired) electrons. The van der Waals surface area contributed by atoms with Crippen LogP contribution in [-0.4, -0.2) is 37.1 Å². The fourth-order valence-electron chi connectivity index (χ4n) is 3.07. The second-order valence-electron chi connectivity index (χ2n) is 7.68. The molecule has 0 aliphatic heterocycles. The second kappa shape index (κ2) is 12.9. The van der Waals surface area contributed by atoms with Gasteiger partial charge in [0.15, 0.2) is 6.61 Å². The van der Waals surface area contributed by atoms with Crippen LogP contribution in [0.25, 0.3) is 0 Å². The molecule has 0 unspecified atom stereocenters. The Kier molecular flexibility index (Phi) is 9.36. The number of nitrogens with zero attached hydrogens (tertiary/aromatic N) is 1. The van der Waals surface area contributed by atoms with Crippen molar-refractivity contribution in [3.05, 3.63) is 95.6 Å². The van der Waals surface area contributed by atoms with Crippen LogP contribution in [-0.2, 0) is 27.0 Å². The number of hydrogen-bond acceptors (Lipinski definition) is 5. The van der Waals surface area contributed by atoms with Gasteiger partial charge >= 0.3 is 18.0 Å². The van der Waals surface area contributed by atoms with Gasteiger partial charge in [0.2, 0.25) is 0 Å². The third-order valence-corrected chi connectivity index (χ3v) is 4.83. The largest absolute Gasteiger partial charge is 0.484 e. The van der Waals surface area contributed by atoms with Crippen molar-refractivity contribution in [1.82, 2.24) is 10.7 Å². The lowest BCUT2D eigenvalue weighted by atomic mass is 10.1. The fourth-order valence-corrected chi connectivity index (χ4v) is 3.07. The van der Waals surface area contributed by atoms with Crippen molar-refractivity contribution < 1.29 is 32.3 Å². The molecule has 3 N–H and O–H groups in total. The molecule has 0 aliphatic rings. The minimum Gasteiger partial charge on any atom is -0.484 e. The van der Waals surface area contributed by atoms with E-state index in [4.69, 9.17) is 4.74 Å². The lowest BCUT2D eigenvalue weighted by Crippen LogP contribution is -2.38.